The number of rotatable bonds is 2. The van der Waals surface area contributed by atoms with E-state index in [1.54, 1.807) is 11.3 Å². The van der Waals surface area contributed by atoms with Gasteiger partial charge in [0.15, 0.2) is 5.82 Å². The van der Waals surface area contributed by atoms with Gasteiger partial charge in [-0.1, -0.05) is 18.3 Å². The minimum atomic E-state index is -0.198. The van der Waals surface area contributed by atoms with Crippen molar-refractivity contribution in [2.45, 2.75) is 31.7 Å². The van der Waals surface area contributed by atoms with Gasteiger partial charge in [0.25, 0.3) is 0 Å². The zero-order valence-corrected chi connectivity index (χ0v) is 10.7. The van der Waals surface area contributed by atoms with E-state index in [0.717, 1.165) is 22.2 Å². The van der Waals surface area contributed by atoms with Gasteiger partial charge in [0.2, 0.25) is 4.96 Å². The van der Waals surface area contributed by atoms with E-state index >= 15 is 0 Å². The lowest BCUT2D eigenvalue weighted by atomic mass is 9.87. The lowest BCUT2D eigenvalue weighted by Gasteiger charge is -2.23. The fourth-order valence-corrected chi connectivity index (χ4v) is 3.07. The Morgan fingerprint density at radius 1 is 1.59 bits per heavy atom. The molecule has 1 saturated heterocycles. The third-order valence-electron chi connectivity index (χ3n) is 3.38. The molecule has 2 N–H and O–H groups in total. The largest absolute Gasteiger partial charge is 0.379 e. The van der Waals surface area contributed by atoms with Gasteiger partial charge < -0.3 is 10.5 Å². The van der Waals surface area contributed by atoms with Crippen molar-refractivity contribution >= 4 is 16.3 Å². The van der Waals surface area contributed by atoms with Crippen LogP contribution in [0.4, 0.5) is 0 Å². The normalized spacial score (nSPS) is 29.2. The number of hydrogen-bond donors (Lipinski definition) is 1. The molecule has 2 aromatic heterocycles. The second kappa shape index (κ2) is 3.72. The van der Waals surface area contributed by atoms with Gasteiger partial charge in [0.1, 0.15) is 5.01 Å². The number of aryl methyl sites for hydroxylation is 1. The minimum Gasteiger partial charge on any atom is -0.379 e. The topological polar surface area (TPSA) is 78.3 Å². The molecule has 17 heavy (non-hydrogen) atoms. The molecule has 0 aliphatic carbocycles. The Labute approximate surface area is 103 Å². The number of aromatic nitrogens is 4. The summed E-state index contributed by atoms with van der Waals surface area (Å²) < 4.78 is 7.27. The molecule has 2 unspecified atom stereocenters. The van der Waals surface area contributed by atoms with Gasteiger partial charge in [-0.2, -0.15) is 9.61 Å². The van der Waals surface area contributed by atoms with E-state index in [1.807, 2.05) is 11.4 Å². The van der Waals surface area contributed by atoms with Crippen molar-refractivity contribution < 1.29 is 4.74 Å². The van der Waals surface area contributed by atoms with Gasteiger partial charge in [-0.05, 0) is 6.92 Å². The first kappa shape index (κ1) is 11.1. The molecule has 0 bridgehead atoms. The van der Waals surface area contributed by atoms with Crippen molar-refractivity contribution in [2.75, 3.05) is 13.2 Å². The molecular formula is C10H15N5OS. The fourth-order valence-electron chi connectivity index (χ4n) is 2.02. The van der Waals surface area contributed by atoms with E-state index in [2.05, 4.69) is 22.2 Å². The van der Waals surface area contributed by atoms with Crippen LogP contribution in [0.15, 0.2) is 0 Å². The molecule has 2 atom stereocenters. The lowest BCUT2D eigenvalue weighted by molar-refractivity contribution is 0.179. The number of fused-ring (bicyclic) bond motifs is 1. The van der Waals surface area contributed by atoms with Gasteiger partial charge in [-0.3, -0.25) is 0 Å². The predicted molar refractivity (Wildman–Crippen MR) is 64.2 cm³/mol. The Bertz CT molecular complexity index is 550. The van der Waals surface area contributed by atoms with Crippen LogP contribution >= 0.6 is 11.3 Å². The molecule has 0 amide bonds. The van der Waals surface area contributed by atoms with Crippen LogP contribution in [0, 0.1) is 0 Å². The van der Waals surface area contributed by atoms with E-state index in [9.17, 15) is 0 Å². The molecule has 1 aliphatic rings. The fraction of sp³-hybridized carbons (Fsp3) is 0.700. The molecule has 0 radical (unpaired) electrons. The van der Waals surface area contributed by atoms with Gasteiger partial charge in [-0.15, -0.1) is 10.2 Å². The average Bonchev–Trinajstić information content (AvgIpc) is 2.94. The summed E-state index contributed by atoms with van der Waals surface area (Å²) >= 11 is 1.55. The van der Waals surface area contributed by atoms with Crippen molar-refractivity contribution in [2.24, 2.45) is 5.73 Å². The Kier molecular flexibility index (Phi) is 2.42. The average molecular weight is 253 g/mol. The van der Waals surface area contributed by atoms with Gasteiger partial charge in [-0.25, -0.2) is 0 Å². The Balaban J connectivity index is 2.09. The third kappa shape index (κ3) is 1.50. The maximum absolute atomic E-state index is 6.10. The van der Waals surface area contributed by atoms with Crippen molar-refractivity contribution in [1.82, 2.24) is 19.8 Å². The Morgan fingerprint density at radius 3 is 3.06 bits per heavy atom. The van der Waals surface area contributed by atoms with Crippen molar-refractivity contribution in [1.29, 1.82) is 0 Å². The predicted octanol–water partition coefficient (Wildman–Crippen LogP) is 0.363. The number of nitrogens with zero attached hydrogens (tertiary/aromatic N) is 4. The van der Waals surface area contributed by atoms with Crippen molar-refractivity contribution in [3.05, 3.63) is 10.8 Å². The summed E-state index contributed by atoms with van der Waals surface area (Å²) in [7, 11) is 0. The summed E-state index contributed by atoms with van der Waals surface area (Å²) in [4.78, 5) is 0.831. The highest BCUT2D eigenvalue weighted by atomic mass is 32.1. The molecule has 6 nitrogen and oxygen atoms in total. The molecule has 1 aliphatic heterocycles. The zero-order valence-electron chi connectivity index (χ0n) is 9.88. The SMILES string of the molecule is CCc1nnc2sc(C3(C)COCC3N)nn12. The van der Waals surface area contributed by atoms with E-state index in [0.29, 0.717) is 13.2 Å². The summed E-state index contributed by atoms with van der Waals surface area (Å²) in [5.74, 6) is 0.888. The van der Waals surface area contributed by atoms with Gasteiger partial charge in [0.05, 0.1) is 18.6 Å². The quantitative estimate of drug-likeness (QED) is 0.836. The smallest absolute Gasteiger partial charge is 0.234 e. The molecule has 7 heteroatoms. The minimum absolute atomic E-state index is 0.00334. The first-order valence-corrected chi connectivity index (χ1v) is 6.51. The molecular weight excluding hydrogens is 238 g/mol. The molecule has 92 valence electrons. The van der Waals surface area contributed by atoms with Crippen LogP contribution in [0.3, 0.4) is 0 Å². The summed E-state index contributed by atoms with van der Waals surface area (Å²) in [6.07, 6.45) is 0.823. The first-order valence-electron chi connectivity index (χ1n) is 5.70. The molecule has 3 heterocycles. The van der Waals surface area contributed by atoms with E-state index < -0.39 is 0 Å². The molecule has 1 fully saturated rings. The van der Waals surface area contributed by atoms with Crippen LogP contribution in [0.2, 0.25) is 0 Å². The van der Waals surface area contributed by atoms with Crippen molar-refractivity contribution in [3.8, 4) is 0 Å². The highest BCUT2D eigenvalue weighted by molar-refractivity contribution is 7.16. The second-order valence-corrected chi connectivity index (χ2v) is 5.57. The first-order chi connectivity index (χ1) is 8.15. The van der Waals surface area contributed by atoms with Crippen molar-refractivity contribution in [3.63, 3.8) is 0 Å². The van der Waals surface area contributed by atoms with Crippen LogP contribution in [-0.4, -0.2) is 39.1 Å². The van der Waals surface area contributed by atoms with Gasteiger partial charge in [0, 0.05) is 12.5 Å². The maximum atomic E-state index is 6.10. The summed E-state index contributed by atoms with van der Waals surface area (Å²) in [6, 6.07) is -0.00334. The zero-order chi connectivity index (χ0) is 12.0. The molecule has 3 rings (SSSR count). The number of ether oxygens (including phenoxy) is 1. The summed E-state index contributed by atoms with van der Waals surface area (Å²) in [5.41, 5.74) is 5.90. The van der Waals surface area contributed by atoms with E-state index in [1.165, 1.54) is 0 Å². The van der Waals surface area contributed by atoms with Crippen LogP contribution in [0.1, 0.15) is 24.7 Å². The molecule has 0 saturated carbocycles. The van der Waals surface area contributed by atoms with E-state index in [4.69, 9.17) is 10.5 Å². The molecule has 2 aromatic rings. The Morgan fingerprint density at radius 2 is 2.41 bits per heavy atom. The van der Waals surface area contributed by atoms with Crippen LogP contribution in [-0.2, 0) is 16.6 Å². The molecule has 0 aromatic carbocycles. The monoisotopic (exact) mass is 253 g/mol. The Hall–Kier alpha value is -1.05. The van der Waals surface area contributed by atoms with E-state index in [-0.39, 0.29) is 11.5 Å². The molecule has 0 spiro atoms. The number of hydrogen-bond acceptors (Lipinski definition) is 6. The van der Waals surface area contributed by atoms with Crippen LogP contribution in [0.25, 0.3) is 4.96 Å². The highest BCUT2D eigenvalue weighted by Gasteiger charge is 2.42. The van der Waals surface area contributed by atoms with Crippen LogP contribution in [0.5, 0.6) is 0 Å². The summed E-state index contributed by atoms with van der Waals surface area (Å²) in [5, 5.41) is 13.8. The lowest BCUT2D eigenvalue weighted by Crippen LogP contribution is -2.41. The highest BCUT2D eigenvalue weighted by Crippen LogP contribution is 2.34. The number of nitrogens with two attached hydrogens (primary N) is 1. The second-order valence-electron chi connectivity index (χ2n) is 4.61. The standard InChI is InChI=1S/C10H15N5OS/c1-3-7-12-13-9-15(7)14-8(17-9)10(2)5-16-4-6(10)11/h6H,3-5,11H2,1-2H3. The summed E-state index contributed by atoms with van der Waals surface area (Å²) in [6.45, 7) is 5.36. The maximum Gasteiger partial charge on any atom is 0.234 e. The van der Waals surface area contributed by atoms with Crippen LogP contribution < -0.4 is 5.73 Å². The third-order valence-corrected chi connectivity index (χ3v) is 4.56. The van der Waals surface area contributed by atoms with Gasteiger partial charge >= 0.3 is 0 Å².